The zero-order valence-electron chi connectivity index (χ0n) is 5.73. The van der Waals surface area contributed by atoms with E-state index in [0.717, 1.165) is 0 Å². The molecule has 2 N–H and O–H groups in total. The van der Waals surface area contributed by atoms with Crippen LogP contribution in [0.4, 0.5) is 0 Å². The minimum absolute atomic E-state index is 0. The third-order valence-electron chi connectivity index (χ3n) is 0. The van der Waals surface area contributed by atoms with Crippen LogP contribution in [0, 0.1) is 0 Å². The maximum absolute atomic E-state index is 8.74. The second kappa shape index (κ2) is 9.12. The normalized spacial score (nSPS) is 7.75. The molecule has 0 saturated heterocycles. The van der Waals surface area contributed by atoms with Crippen molar-refractivity contribution in [3.05, 3.63) is 0 Å². The van der Waals surface area contributed by atoms with Crippen LogP contribution < -0.4 is 0 Å². The molecule has 0 spiro atoms. The molecule has 0 bridgehead atoms. The van der Waals surface area contributed by atoms with Gasteiger partial charge in [0.1, 0.15) is 0 Å². The summed E-state index contributed by atoms with van der Waals surface area (Å²) < 4.78 is 40.0. The zero-order chi connectivity index (χ0) is 6.50. The molecule has 0 aromatic rings. The molecule has 0 aromatic carbocycles. The molecule has 0 amide bonds. The molecule has 8 heteroatoms. The molecule has 8 heavy (non-hydrogen) atoms. The first kappa shape index (κ1) is 16.6. The average Bonchev–Trinajstić information content (AvgIpc) is 1.36. The molecule has 48 valence electrons. The fourth-order valence-corrected chi connectivity index (χ4v) is 0. The molecule has 0 aliphatic carbocycles. The summed E-state index contributed by atoms with van der Waals surface area (Å²) >= 11 is 0.0556. The van der Waals surface area contributed by atoms with Gasteiger partial charge < -0.3 is 2.85 Å². The molecular formula is H5BaBiO5S. The van der Waals surface area contributed by atoms with Gasteiger partial charge in [0.25, 0.3) is 0 Å². The van der Waals surface area contributed by atoms with Crippen LogP contribution in [-0.2, 0) is 13.2 Å². The van der Waals surface area contributed by atoms with Crippen molar-refractivity contribution in [2.45, 2.75) is 0 Å². The van der Waals surface area contributed by atoms with Crippen LogP contribution in [-0.4, -0.2) is 91.1 Å². The van der Waals surface area contributed by atoms with Crippen molar-refractivity contribution in [1.82, 2.24) is 0 Å². The molecular weight excluding hydrogens is 458 g/mol. The van der Waals surface area contributed by atoms with Crippen LogP contribution >= 0.6 is 0 Å². The second-order valence-electron chi connectivity index (χ2n) is 0.448. The van der Waals surface area contributed by atoms with Gasteiger partial charge in [0, 0.05) is 0 Å². The average molecular weight is 463 g/mol. The van der Waals surface area contributed by atoms with E-state index in [1.54, 1.807) is 0 Å². The van der Waals surface area contributed by atoms with Gasteiger partial charge in [0.2, 0.25) is 0 Å². The Balaban J connectivity index is -0.0000000154. The quantitative estimate of drug-likeness (QED) is 0.335. The monoisotopic (exact) mass is 464 g/mol. The van der Waals surface area contributed by atoms with Gasteiger partial charge in [-0.15, -0.1) is 0 Å². The van der Waals surface area contributed by atoms with Crippen LogP contribution in [0.5, 0.6) is 0 Å². The predicted octanol–water partition coefficient (Wildman–Crippen LogP) is -1.58. The molecule has 5 nitrogen and oxygen atoms in total. The Kier molecular flexibility index (Phi) is 18.9. The molecule has 0 saturated carbocycles. The van der Waals surface area contributed by atoms with Crippen molar-refractivity contribution in [3.8, 4) is 0 Å². The number of hydrogen-bond donors (Lipinski definition) is 2. The first-order valence-corrected chi connectivity index (χ1v) is 3.89. The van der Waals surface area contributed by atoms with Crippen molar-refractivity contribution in [2.24, 2.45) is 0 Å². The summed E-state index contributed by atoms with van der Waals surface area (Å²) in [6, 6.07) is 0. The van der Waals surface area contributed by atoms with Gasteiger partial charge in [0.05, 0.1) is 0 Å². The van der Waals surface area contributed by atoms with Gasteiger partial charge >= 0.3 is 86.8 Å². The van der Waals surface area contributed by atoms with E-state index in [1.807, 2.05) is 0 Å². The van der Waals surface area contributed by atoms with Crippen molar-refractivity contribution in [3.63, 3.8) is 0 Å². The molecule has 0 fully saturated rings. The molecule has 0 radical (unpaired) electrons. The number of hydrogen-bond acceptors (Lipinski definition) is 3. The first-order chi connectivity index (χ1) is 3.00. The Labute approximate surface area is 105 Å². The molecule has 0 aliphatic rings. The Morgan fingerprint density at radius 3 is 1.25 bits per heavy atom. The summed E-state index contributed by atoms with van der Waals surface area (Å²) in [6.07, 6.45) is 0. The van der Waals surface area contributed by atoms with Gasteiger partial charge in [-0.1, -0.05) is 0 Å². The van der Waals surface area contributed by atoms with Gasteiger partial charge in [-0.2, -0.15) is 8.42 Å². The zero-order valence-corrected chi connectivity index (χ0v) is 12.9. The molecule has 0 unspecified atom stereocenters. The first-order valence-electron chi connectivity index (χ1n) is 0.903. The summed E-state index contributed by atoms with van der Waals surface area (Å²) in [4.78, 5) is 0. The molecule has 0 aromatic heterocycles. The summed E-state index contributed by atoms with van der Waals surface area (Å²) in [5.41, 5.74) is 0. The Morgan fingerprint density at radius 1 is 1.25 bits per heavy atom. The second-order valence-corrected chi connectivity index (χ2v) is 1.34. The van der Waals surface area contributed by atoms with Crippen LogP contribution in [0.1, 0.15) is 2.85 Å². The Morgan fingerprint density at radius 2 is 1.25 bits per heavy atom. The molecule has 0 atom stereocenters. The van der Waals surface area contributed by atoms with Gasteiger partial charge in [-0.25, -0.2) is 0 Å². The van der Waals surface area contributed by atoms with E-state index in [9.17, 15) is 0 Å². The van der Waals surface area contributed by atoms with Crippen LogP contribution in [0.2, 0.25) is 0 Å². The van der Waals surface area contributed by atoms with E-state index in [4.69, 9.17) is 20.3 Å². The Bertz CT molecular complexity index is 114. The summed E-state index contributed by atoms with van der Waals surface area (Å²) in [5.74, 6) is 0. The van der Waals surface area contributed by atoms with Crippen LogP contribution in [0.3, 0.4) is 0 Å². The van der Waals surface area contributed by atoms with Crippen LogP contribution in [0.15, 0.2) is 0 Å². The fraction of sp³-hybridized carbons (Fsp3) is 0. The van der Waals surface area contributed by atoms with Crippen molar-refractivity contribution in [1.29, 1.82) is 0 Å². The molecule has 0 rings (SSSR count). The fourth-order valence-electron chi connectivity index (χ4n) is 0. The number of rotatable bonds is 0. The SMILES string of the molecule is O=S(=O)(O)O.[Ba+2].[H-].[H-].[O]=[BiH]. The summed E-state index contributed by atoms with van der Waals surface area (Å²) in [7, 11) is -4.67. The standard InChI is InChI=1S/Ba.Bi.H2O4S.O.3H/c;;1-5(2,3)4;;;;/h;;(H2,1,2,3,4);;;;/q+2;;;;;2*-1. The van der Waals surface area contributed by atoms with E-state index >= 15 is 0 Å². The Hall–Kier alpha value is 2.12. The van der Waals surface area contributed by atoms with Gasteiger partial charge in [-0.3, -0.25) is 9.11 Å². The third kappa shape index (κ3) is 91.4. The summed E-state index contributed by atoms with van der Waals surface area (Å²) in [6.45, 7) is 0. The van der Waals surface area contributed by atoms with E-state index in [2.05, 4.69) is 0 Å². The molecule has 0 aliphatic heterocycles. The maximum atomic E-state index is 8.74. The third-order valence-corrected chi connectivity index (χ3v) is 0. The molecule has 0 heterocycles. The van der Waals surface area contributed by atoms with Crippen molar-refractivity contribution < 1.29 is 23.2 Å². The van der Waals surface area contributed by atoms with Gasteiger partial charge in [-0.05, 0) is 0 Å². The van der Waals surface area contributed by atoms with E-state index in [1.165, 1.54) is 0 Å². The van der Waals surface area contributed by atoms with Gasteiger partial charge in [0.15, 0.2) is 0 Å². The van der Waals surface area contributed by atoms with E-state index in [0.29, 0.717) is 0 Å². The predicted molar refractivity (Wildman–Crippen MR) is 30.0 cm³/mol. The van der Waals surface area contributed by atoms with Crippen molar-refractivity contribution in [2.75, 3.05) is 0 Å². The summed E-state index contributed by atoms with van der Waals surface area (Å²) in [5, 5.41) is 0. The minimum atomic E-state index is -4.67. The topological polar surface area (TPSA) is 91.7 Å². The van der Waals surface area contributed by atoms with Crippen molar-refractivity contribution >= 4 is 84.0 Å². The van der Waals surface area contributed by atoms with E-state index < -0.39 is 10.4 Å². The van der Waals surface area contributed by atoms with E-state index in [-0.39, 0.29) is 76.5 Å². The van der Waals surface area contributed by atoms with Crippen LogP contribution in [0.25, 0.3) is 0 Å².